The van der Waals surface area contributed by atoms with Gasteiger partial charge in [-0.25, -0.2) is 8.42 Å². The Hall–Kier alpha value is -2.51. The predicted molar refractivity (Wildman–Crippen MR) is 124 cm³/mol. The van der Waals surface area contributed by atoms with Gasteiger partial charge in [0.15, 0.2) is 5.78 Å². The van der Waals surface area contributed by atoms with Crippen molar-refractivity contribution in [3.8, 4) is 6.07 Å². The molecule has 9 heteroatoms. The van der Waals surface area contributed by atoms with E-state index in [1.54, 1.807) is 0 Å². The number of piperazine rings is 1. The van der Waals surface area contributed by atoms with Crippen LogP contribution in [0.15, 0.2) is 35.2 Å². The van der Waals surface area contributed by atoms with Gasteiger partial charge in [0.2, 0.25) is 10.0 Å². The van der Waals surface area contributed by atoms with Gasteiger partial charge >= 0.3 is 0 Å². The Morgan fingerprint density at radius 2 is 1.85 bits per heavy atom. The summed E-state index contributed by atoms with van der Waals surface area (Å²) in [5, 5.41) is 8.91. The van der Waals surface area contributed by atoms with Gasteiger partial charge in [0, 0.05) is 56.3 Å². The first-order valence-corrected chi connectivity index (χ1v) is 12.8. The second-order valence-electron chi connectivity index (χ2n) is 8.77. The van der Waals surface area contributed by atoms with E-state index in [9.17, 15) is 13.2 Å². The highest BCUT2D eigenvalue weighted by Crippen LogP contribution is 2.22. The van der Waals surface area contributed by atoms with Crippen LogP contribution in [0.3, 0.4) is 0 Å². The lowest BCUT2D eigenvalue weighted by Gasteiger charge is -2.33. The third-order valence-electron chi connectivity index (χ3n) is 6.60. The molecule has 0 saturated carbocycles. The molecule has 0 spiro atoms. The number of nitrogens with zero attached hydrogens (tertiary/aromatic N) is 4. The average Bonchev–Trinajstić information content (AvgIpc) is 3.43. The monoisotopic (exact) mass is 470 g/mol. The maximum atomic E-state index is 13.1. The van der Waals surface area contributed by atoms with Crippen LogP contribution in [0.25, 0.3) is 0 Å². The van der Waals surface area contributed by atoms with Crippen molar-refractivity contribution < 1.29 is 17.9 Å². The molecule has 2 saturated heterocycles. The number of nitriles is 1. The second-order valence-corrected chi connectivity index (χ2v) is 10.7. The van der Waals surface area contributed by atoms with E-state index in [-0.39, 0.29) is 23.3 Å². The Kier molecular flexibility index (Phi) is 7.00. The van der Waals surface area contributed by atoms with E-state index in [0.29, 0.717) is 31.7 Å². The lowest BCUT2D eigenvalue weighted by Crippen LogP contribution is -2.49. The minimum atomic E-state index is -3.61. The van der Waals surface area contributed by atoms with Gasteiger partial charge in [-0.15, -0.1) is 0 Å². The largest absolute Gasteiger partial charge is 0.376 e. The molecule has 1 aromatic carbocycles. The summed E-state index contributed by atoms with van der Waals surface area (Å²) in [6.45, 7) is 7.50. The van der Waals surface area contributed by atoms with E-state index >= 15 is 0 Å². The minimum absolute atomic E-state index is 0.0603. The maximum absolute atomic E-state index is 13.1. The van der Waals surface area contributed by atoms with Crippen molar-refractivity contribution in [1.29, 1.82) is 5.26 Å². The highest BCUT2D eigenvalue weighted by Gasteiger charge is 2.30. The number of ketones is 1. The molecule has 0 aliphatic carbocycles. The average molecular weight is 471 g/mol. The number of benzene rings is 1. The smallest absolute Gasteiger partial charge is 0.243 e. The van der Waals surface area contributed by atoms with E-state index in [4.69, 9.17) is 10.00 Å². The fourth-order valence-corrected chi connectivity index (χ4v) is 6.05. The summed E-state index contributed by atoms with van der Waals surface area (Å²) in [6.07, 6.45) is 2.35. The Balaban J connectivity index is 1.36. The van der Waals surface area contributed by atoms with Crippen LogP contribution in [0.1, 0.15) is 40.2 Å². The normalized spacial score (nSPS) is 20.1. The van der Waals surface area contributed by atoms with Gasteiger partial charge in [-0.05, 0) is 57.0 Å². The van der Waals surface area contributed by atoms with Gasteiger partial charge in [-0.1, -0.05) is 0 Å². The molecule has 0 bridgehead atoms. The second kappa shape index (κ2) is 9.77. The molecule has 1 unspecified atom stereocenters. The third-order valence-corrected chi connectivity index (χ3v) is 8.52. The van der Waals surface area contributed by atoms with Gasteiger partial charge in [-0.3, -0.25) is 9.69 Å². The Morgan fingerprint density at radius 3 is 2.45 bits per heavy atom. The molecule has 1 atom stereocenters. The van der Waals surface area contributed by atoms with Gasteiger partial charge < -0.3 is 9.30 Å². The zero-order valence-electron chi connectivity index (χ0n) is 19.2. The Morgan fingerprint density at radius 1 is 1.15 bits per heavy atom. The first-order valence-electron chi connectivity index (χ1n) is 11.3. The van der Waals surface area contributed by atoms with Crippen LogP contribution in [0.2, 0.25) is 0 Å². The molecule has 0 radical (unpaired) electrons. The standard InChI is InChI=1S/C24H30N4O4S/c1-18-14-23(19(2)28(18)16-21-4-3-13-32-21)24(29)17-26-9-11-27(12-10-26)33(30,31)22-7-5-20(15-25)6-8-22/h5-8,14,21H,3-4,9-13,16-17H2,1-2H3. The number of carbonyl (C=O) groups is 1. The molecule has 1 aromatic heterocycles. The van der Waals surface area contributed by atoms with Crippen LogP contribution in [0.4, 0.5) is 0 Å². The fourth-order valence-electron chi connectivity index (χ4n) is 4.62. The highest BCUT2D eigenvalue weighted by molar-refractivity contribution is 7.89. The topological polar surface area (TPSA) is 95.6 Å². The predicted octanol–water partition coefficient (Wildman–Crippen LogP) is 2.34. The Bertz CT molecular complexity index is 1150. The third kappa shape index (κ3) is 5.04. The summed E-state index contributed by atoms with van der Waals surface area (Å²) in [6, 6.07) is 9.91. The van der Waals surface area contributed by atoms with Crippen LogP contribution in [-0.2, 0) is 21.3 Å². The van der Waals surface area contributed by atoms with E-state index in [1.165, 1.54) is 28.6 Å². The number of sulfonamides is 1. The van der Waals surface area contributed by atoms with Crippen molar-refractivity contribution in [2.45, 2.75) is 44.2 Å². The summed E-state index contributed by atoms with van der Waals surface area (Å²) in [5.74, 6) is 0.0603. The van der Waals surface area contributed by atoms with Gasteiger partial charge in [0.25, 0.3) is 0 Å². The molecule has 0 N–H and O–H groups in total. The van der Waals surface area contributed by atoms with Crippen molar-refractivity contribution in [2.24, 2.45) is 0 Å². The summed E-state index contributed by atoms with van der Waals surface area (Å²) in [7, 11) is -3.61. The van der Waals surface area contributed by atoms with Crippen LogP contribution in [0, 0.1) is 25.2 Å². The lowest BCUT2D eigenvalue weighted by atomic mass is 10.1. The number of rotatable bonds is 7. The lowest BCUT2D eigenvalue weighted by molar-refractivity contribution is 0.0896. The molecule has 2 aliphatic rings. The minimum Gasteiger partial charge on any atom is -0.376 e. The van der Waals surface area contributed by atoms with Gasteiger partial charge in [-0.2, -0.15) is 9.57 Å². The van der Waals surface area contributed by atoms with E-state index in [0.717, 1.165) is 42.9 Å². The van der Waals surface area contributed by atoms with Crippen LogP contribution >= 0.6 is 0 Å². The molecule has 8 nitrogen and oxygen atoms in total. The fraction of sp³-hybridized carbons (Fsp3) is 0.500. The molecule has 2 fully saturated rings. The molecule has 176 valence electrons. The summed E-state index contributed by atoms with van der Waals surface area (Å²) in [5.41, 5.74) is 3.19. The summed E-state index contributed by atoms with van der Waals surface area (Å²) in [4.78, 5) is 15.3. The summed E-state index contributed by atoms with van der Waals surface area (Å²) < 4.78 is 35.2. The van der Waals surface area contributed by atoms with Crippen molar-refractivity contribution in [3.05, 3.63) is 52.8 Å². The maximum Gasteiger partial charge on any atom is 0.243 e. The number of aryl methyl sites for hydroxylation is 1. The van der Waals surface area contributed by atoms with Crippen molar-refractivity contribution in [2.75, 3.05) is 39.3 Å². The number of hydrogen-bond donors (Lipinski definition) is 0. The Labute approximate surface area is 195 Å². The molecular weight excluding hydrogens is 440 g/mol. The number of hydrogen-bond acceptors (Lipinski definition) is 6. The van der Waals surface area contributed by atoms with E-state index < -0.39 is 10.0 Å². The van der Waals surface area contributed by atoms with Crippen LogP contribution < -0.4 is 0 Å². The van der Waals surface area contributed by atoms with Crippen LogP contribution in [-0.4, -0.2) is 73.4 Å². The van der Waals surface area contributed by atoms with Crippen LogP contribution in [0.5, 0.6) is 0 Å². The number of aromatic nitrogens is 1. The molecule has 0 amide bonds. The molecule has 2 aliphatic heterocycles. The van der Waals surface area contributed by atoms with Gasteiger partial charge in [0.05, 0.1) is 29.2 Å². The van der Waals surface area contributed by atoms with E-state index in [2.05, 4.69) is 4.57 Å². The molecule has 4 rings (SSSR count). The zero-order chi connectivity index (χ0) is 23.6. The molecule has 3 heterocycles. The molecule has 2 aromatic rings. The highest BCUT2D eigenvalue weighted by atomic mass is 32.2. The van der Waals surface area contributed by atoms with Crippen molar-refractivity contribution in [3.63, 3.8) is 0 Å². The zero-order valence-corrected chi connectivity index (χ0v) is 20.0. The number of carbonyl (C=O) groups excluding carboxylic acids is 1. The first-order chi connectivity index (χ1) is 15.8. The SMILES string of the molecule is Cc1cc(C(=O)CN2CCN(S(=O)(=O)c3ccc(C#N)cc3)CC2)c(C)n1CC1CCCO1. The van der Waals surface area contributed by atoms with E-state index in [1.807, 2.05) is 30.9 Å². The molecule has 33 heavy (non-hydrogen) atoms. The quantitative estimate of drug-likeness (QED) is 0.577. The first kappa shape index (κ1) is 23.6. The molecular formula is C24H30N4O4S. The van der Waals surface area contributed by atoms with Crippen molar-refractivity contribution in [1.82, 2.24) is 13.8 Å². The number of Topliss-reactive ketones (excluding diaryl/α,β-unsaturated/α-hetero) is 1. The number of ether oxygens (including phenoxy) is 1. The summed E-state index contributed by atoms with van der Waals surface area (Å²) >= 11 is 0. The van der Waals surface area contributed by atoms with Gasteiger partial charge in [0.1, 0.15) is 0 Å². The van der Waals surface area contributed by atoms with Crippen molar-refractivity contribution >= 4 is 15.8 Å².